The molecule has 0 aliphatic carbocycles. The van der Waals surface area contributed by atoms with E-state index < -0.39 is 5.91 Å². The lowest BCUT2D eigenvalue weighted by Crippen LogP contribution is -2.18. The molecule has 1 amide bonds. The van der Waals surface area contributed by atoms with Crippen LogP contribution in [0, 0.1) is 0 Å². The number of amides is 1. The van der Waals surface area contributed by atoms with Gasteiger partial charge in [0.05, 0.1) is 11.2 Å². The first-order valence-corrected chi connectivity index (χ1v) is 14.3. The van der Waals surface area contributed by atoms with Gasteiger partial charge in [-0.25, -0.2) is 5.43 Å². The Morgan fingerprint density at radius 1 is 0.651 bits per heavy atom. The van der Waals surface area contributed by atoms with Crippen molar-refractivity contribution in [2.24, 2.45) is 5.10 Å². The SMILES string of the molecule is O=C(N/N=C\c1ccc(Cl)cc1Cl)c1cc(OCc2ccccc2)c(OCc2ccccc2)c(OCc2ccccc2)c1. The summed E-state index contributed by atoms with van der Waals surface area (Å²) in [6, 6.07) is 37.5. The number of benzene rings is 5. The topological polar surface area (TPSA) is 69.2 Å². The van der Waals surface area contributed by atoms with Crippen LogP contribution in [0.4, 0.5) is 0 Å². The molecule has 0 saturated heterocycles. The van der Waals surface area contributed by atoms with E-state index in [2.05, 4.69) is 10.5 Å². The van der Waals surface area contributed by atoms with Crippen LogP contribution in [-0.2, 0) is 19.8 Å². The minimum Gasteiger partial charge on any atom is -0.485 e. The fraction of sp³-hybridized carbons (Fsp3) is 0.0857. The van der Waals surface area contributed by atoms with Gasteiger partial charge in [-0.05, 0) is 41.0 Å². The van der Waals surface area contributed by atoms with Gasteiger partial charge in [0, 0.05) is 16.1 Å². The summed E-state index contributed by atoms with van der Waals surface area (Å²) in [5.74, 6) is 0.647. The maximum absolute atomic E-state index is 13.3. The van der Waals surface area contributed by atoms with Crippen LogP contribution in [0.25, 0.3) is 0 Å². The maximum Gasteiger partial charge on any atom is 0.271 e. The van der Waals surface area contributed by atoms with Gasteiger partial charge in [-0.1, -0.05) is 120 Å². The van der Waals surface area contributed by atoms with Crippen LogP contribution in [0.2, 0.25) is 10.0 Å². The first-order valence-electron chi connectivity index (χ1n) is 13.5. The molecule has 0 unspecified atom stereocenters. The quantitative estimate of drug-likeness (QED) is 0.114. The highest BCUT2D eigenvalue weighted by Gasteiger charge is 2.20. The average Bonchev–Trinajstić information content (AvgIpc) is 3.04. The van der Waals surface area contributed by atoms with Crippen molar-refractivity contribution in [1.82, 2.24) is 5.43 Å². The van der Waals surface area contributed by atoms with Crippen LogP contribution in [0.3, 0.4) is 0 Å². The second-order valence-corrected chi connectivity index (χ2v) is 10.3. The van der Waals surface area contributed by atoms with Crippen molar-refractivity contribution < 1.29 is 19.0 Å². The highest BCUT2D eigenvalue weighted by atomic mass is 35.5. The van der Waals surface area contributed by atoms with Crippen LogP contribution >= 0.6 is 23.2 Å². The second-order valence-electron chi connectivity index (χ2n) is 9.49. The summed E-state index contributed by atoms with van der Waals surface area (Å²) in [6.07, 6.45) is 1.45. The van der Waals surface area contributed by atoms with Crippen molar-refractivity contribution in [3.05, 3.63) is 159 Å². The monoisotopic (exact) mass is 610 g/mol. The third-order valence-electron chi connectivity index (χ3n) is 6.32. The van der Waals surface area contributed by atoms with E-state index in [9.17, 15) is 4.79 Å². The Hall–Kier alpha value is -4.78. The Labute approximate surface area is 260 Å². The molecule has 1 N–H and O–H groups in total. The summed E-state index contributed by atoms with van der Waals surface area (Å²) >= 11 is 12.2. The summed E-state index contributed by atoms with van der Waals surface area (Å²) in [4.78, 5) is 13.3. The van der Waals surface area contributed by atoms with E-state index in [0.717, 1.165) is 16.7 Å². The number of ether oxygens (including phenoxy) is 3. The van der Waals surface area contributed by atoms with Gasteiger partial charge in [-0.2, -0.15) is 5.10 Å². The zero-order valence-electron chi connectivity index (χ0n) is 23.1. The molecule has 5 aromatic carbocycles. The Balaban J connectivity index is 1.45. The van der Waals surface area contributed by atoms with Gasteiger partial charge in [0.2, 0.25) is 5.75 Å². The van der Waals surface area contributed by atoms with E-state index in [4.69, 9.17) is 37.4 Å². The van der Waals surface area contributed by atoms with E-state index in [1.807, 2.05) is 91.0 Å². The summed E-state index contributed by atoms with van der Waals surface area (Å²) in [5, 5.41) is 5.01. The van der Waals surface area contributed by atoms with E-state index >= 15 is 0 Å². The van der Waals surface area contributed by atoms with Gasteiger partial charge in [0.1, 0.15) is 19.8 Å². The number of nitrogens with zero attached hydrogens (tertiary/aromatic N) is 1. The van der Waals surface area contributed by atoms with E-state index in [1.165, 1.54) is 6.21 Å². The lowest BCUT2D eigenvalue weighted by molar-refractivity contribution is 0.0953. The van der Waals surface area contributed by atoms with Crippen molar-refractivity contribution >= 4 is 35.3 Å². The van der Waals surface area contributed by atoms with Crippen molar-refractivity contribution in [1.29, 1.82) is 0 Å². The van der Waals surface area contributed by atoms with Crippen molar-refractivity contribution in [3.8, 4) is 17.2 Å². The molecule has 8 heteroatoms. The van der Waals surface area contributed by atoms with Gasteiger partial charge in [0.15, 0.2) is 11.5 Å². The molecule has 0 heterocycles. The predicted octanol–water partition coefficient (Wildman–Crippen LogP) is 8.49. The number of carbonyl (C=O) groups is 1. The smallest absolute Gasteiger partial charge is 0.271 e. The number of nitrogens with one attached hydrogen (secondary N) is 1. The number of hydrazone groups is 1. The predicted molar refractivity (Wildman–Crippen MR) is 170 cm³/mol. The first-order chi connectivity index (χ1) is 21.0. The molecule has 6 nitrogen and oxygen atoms in total. The molecule has 0 atom stereocenters. The molecule has 0 bridgehead atoms. The zero-order chi connectivity index (χ0) is 29.9. The minimum atomic E-state index is -0.468. The number of hydrogen-bond donors (Lipinski definition) is 1. The highest BCUT2D eigenvalue weighted by molar-refractivity contribution is 6.36. The largest absolute Gasteiger partial charge is 0.485 e. The summed E-state index contributed by atoms with van der Waals surface area (Å²) in [7, 11) is 0. The van der Waals surface area contributed by atoms with Crippen LogP contribution in [-0.4, -0.2) is 12.1 Å². The Bertz CT molecular complexity index is 1620. The molecular weight excluding hydrogens is 583 g/mol. The van der Waals surface area contributed by atoms with Crippen LogP contribution in [0.15, 0.2) is 126 Å². The molecule has 0 fully saturated rings. The highest BCUT2D eigenvalue weighted by Crippen LogP contribution is 2.40. The average molecular weight is 612 g/mol. The number of halogens is 2. The Morgan fingerprint density at radius 2 is 1.14 bits per heavy atom. The fourth-order valence-corrected chi connectivity index (χ4v) is 4.55. The lowest BCUT2D eigenvalue weighted by Gasteiger charge is -2.19. The number of rotatable bonds is 12. The normalized spacial score (nSPS) is 10.8. The van der Waals surface area contributed by atoms with E-state index in [-0.39, 0.29) is 25.4 Å². The van der Waals surface area contributed by atoms with Crippen LogP contribution in [0.1, 0.15) is 32.6 Å². The Morgan fingerprint density at radius 3 is 1.63 bits per heavy atom. The summed E-state index contributed by atoms with van der Waals surface area (Å²) in [5.41, 5.74) is 6.33. The van der Waals surface area contributed by atoms with Crippen LogP contribution in [0.5, 0.6) is 17.2 Å². The molecule has 43 heavy (non-hydrogen) atoms. The van der Waals surface area contributed by atoms with E-state index in [1.54, 1.807) is 30.3 Å². The van der Waals surface area contributed by atoms with Gasteiger partial charge < -0.3 is 14.2 Å². The zero-order valence-corrected chi connectivity index (χ0v) is 24.6. The van der Waals surface area contributed by atoms with Crippen molar-refractivity contribution in [2.75, 3.05) is 0 Å². The standard InChI is InChI=1S/C35H28Cl2N2O4/c36-30-17-16-28(31(37)20-30)21-38-39-35(40)29-18-32(41-22-25-10-4-1-5-11-25)34(43-24-27-14-8-3-9-15-27)33(19-29)42-23-26-12-6-2-7-13-26/h1-21H,22-24H2,(H,39,40)/b38-21-. The van der Waals surface area contributed by atoms with E-state index in [0.29, 0.717) is 32.9 Å². The fourth-order valence-electron chi connectivity index (χ4n) is 4.10. The summed E-state index contributed by atoms with van der Waals surface area (Å²) < 4.78 is 18.8. The molecule has 0 saturated carbocycles. The molecule has 0 aliphatic rings. The van der Waals surface area contributed by atoms with Crippen LogP contribution < -0.4 is 19.6 Å². The Kier molecular flexibility index (Phi) is 10.3. The minimum absolute atomic E-state index is 0.263. The van der Waals surface area contributed by atoms with Gasteiger partial charge in [0.25, 0.3) is 5.91 Å². The molecule has 0 radical (unpaired) electrons. The number of carbonyl (C=O) groups excluding carboxylic acids is 1. The molecule has 0 aliphatic heterocycles. The van der Waals surface area contributed by atoms with Crippen molar-refractivity contribution in [2.45, 2.75) is 19.8 Å². The summed E-state index contributed by atoms with van der Waals surface area (Å²) in [6.45, 7) is 0.805. The molecular formula is C35H28Cl2N2O4. The van der Waals surface area contributed by atoms with Gasteiger partial charge >= 0.3 is 0 Å². The molecule has 0 aromatic heterocycles. The van der Waals surface area contributed by atoms with Gasteiger partial charge in [-0.3, -0.25) is 4.79 Å². The maximum atomic E-state index is 13.3. The number of hydrogen-bond acceptors (Lipinski definition) is 5. The third kappa shape index (κ3) is 8.61. The van der Waals surface area contributed by atoms with Gasteiger partial charge in [-0.15, -0.1) is 0 Å². The van der Waals surface area contributed by atoms with Crippen molar-refractivity contribution in [3.63, 3.8) is 0 Å². The molecule has 5 aromatic rings. The molecule has 0 spiro atoms. The third-order valence-corrected chi connectivity index (χ3v) is 6.88. The molecule has 216 valence electrons. The lowest BCUT2D eigenvalue weighted by atomic mass is 10.1. The first kappa shape index (κ1) is 29.7. The molecule has 5 rings (SSSR count). The second kappa shape index (κ2) is 14.9.